The zero-order chi connectivity index (χ0) is 27.0. The zero-order valence-corrected chi connectivity index (χ0v) is 21.3. The predicted molar refractivity (Wildman–Crippen MR) is 143 cm³/mol. The molecule has 1 aliphatic rings. The molecule has 3 aromatic carbocycles. The van der Waals surface area contributed by atoms with Crippen molar-refractivity contribution < 1.29 is 23.4 Å². The van der Waals surface area contributed by atoms with Gasteiger partial charge in [0.2, 0.25) is 11.6 Å². The molecule has 0 amide bonds. The van der Waals surface area contributed by atoms with E-state index in [9.17, 15) is 10.1 Å². The van der Waals surface area contributed by atoms with Crippen LogP contribution in [0.3, 0.4) is 0 Å². The van der Waals surface area contributed by atoms with Gasteiger partial charge < -0.3 is 24.4 Å². The molecule has 0 saturated heterocycles. The number of rotatable bonds is 6. The van der Waals surface area contributed by atoms with Gasteiger partial charge in [0, 0.05) is 22.6 Å². The van der Waals surface area contributed by atoms with Crippen molar-refractivity contribution in [1.29, 1.82) is 5.26 Å². The van der Waals surface area contributed by atoms with Crippen molar-refractivity contribution in [2.75, 3.05) is 6.61 Å². The molecular formula is C31H26N2O5. The van der Waals surface area contributed by atoms with Crippen LogP contribution in [0, 0.1) is 32.1 Å². The SMILES string of the molecule is C=CCOc1cccc(C2C(C#N)=C(N)Oc3cc(OC(=O)c4oc5cc(C)c(C)cc5c4C)ccc32)c1. The molecule has 0 spiro atoms. The van der Waals surface area contributed by atoms with Crippen LogP contribution in [0.1, 0.15) is 44.3 Å². The number of carbonyl (C=O) groups excluding carboxylic acids is 1. The Morgan fingerprint density at radius 3 is 2.66 bits per heavy atom. The van der Waals surface area contributed by atoms with Gasteiger partial charge in [-0.1, -0.05) is 30.9 Å². The molecule has 4 aromatic rings. The van der Waals surface area contributed by atoms with E-state index in [1.807, 2.05) is 57.2 Å². The summed E-state index contributed by atoms with van der Waals surface area (Å²) in [7, 11) is 0. The number of aryl methyl sites for hydroxylation is 3. The highest BCUT2D eigenvalue weighted by molar-refractivity contribution is 5.97. The Kier molecular flexibility index (Phi) is 6.39. The molecule has 7 heteroatoms. The summed E-state index contributed by atoms with van der Waals surface area (Å²) in [5.41, 5.74) is 11.5. The number of furan rings is 1. The smallest absolute Gasteiger partial charge is 0.379 e. The van der Waals surface area contributed by atoms with E-state index >= 15 is 0 Å². The number of ether oxygens (including phenoxy) is 3. The minimum atomic E-state index is -0.616. The van der Waals surface area contributed by atoms with Crippen LogP contribution < -0.4 is 19.9 Å². The van der Waals surface area contributed by atoms with E-state index < -0.39 is 11.9 Å². The Hall–Kier alpha value is -4.96. The van der Waals surface area contributed by atoms with Crippen LogP contribution in [0.25, 0.3) is 11.0 Å². The summed E-state index contributed by atoms with van der Waals surface area (Å²) in [5.74, 6) is 0.328. The summed E-state index contributed by atoms with van der Waals surface area (Å²) >= 11 is 0. The fraction of sp³-hybridized carbons (Fsp3) is 0.161. The summed E-state index contributed by atoms with van der Waals surface area (Å²) in [6.07, 6.45) is 1.66. The molecule has 2 N–H and O–H groups in total. The summed E-state index contributed by atoms with van der Waals surface area (Å²) in [6, 6.07) is 18.5. The molecule has 190 valence electrons. The van der Waals surface area contributed by atoms with Crippen LogP contribution in [0.4, 0.5) is 0 Å². The lowest BCUT2D eigenvalue weighted by molar-refractivity contribution is 0.0702. The van der Waals surface area contributed by atoms with Crippen molar-refractivity contribution >= 4 is 16.9 Å². The van der Waals surface area contributed by atoms with Gasteiger partial charge in [0.25, 0.3) is 0 Å². The van der Waals surface area contributed by atoms with Gasteiger partial charge in [-0.25, -0.2) is 4.79 Å². The van der Waals surface area contributed by atoms with E-state index in [0.29, 0.717) is 34.8 Å². The highest BCUT2D eigenvalue weighted by Crippen LogP contribution is 2.44. The van der Waals surface area contributed by atoms with Crippen LogP contribution in [-0.4, -0.2) is 12.6 Å². The van der Waals surface area contributed by atoms with E-state index in [4.69, 9.17) is 24.4 Å². The van der Waals surface area contributed by atoms with Crippen molar-refractivity contribution in [3.63, 3.8) is 0 Å². The maximum absolute atomic E-state index is 13.1. The van der Waals surface area contributed by atoms with Gasteiger partial charge in [0.05, 0.1) is 5.92 Å². The number of hydrogen-bond donors (Lipinski definition) is 1. The fourth-order valence-corrected chi connectivity index (χ4v) is 4.61. The molecule has 0 fully saturated rings. The van der Waals surface area contributed by atoms with Crippen molar-refractivity contribution in [3.8, 4) is 23.3 Å². The zero-order valence-electron chi connectivity index (χ0n) is 21.3. The van der Waals surface area contributed by atoms with Crippen molar-refractivity contribution in [1.82, 2.24) is 0 Å². The molecule has 0 bridgehead atoms. The lowest BCUT2D eigenvalue weighted by atomic mass is 9.83. The second kappa shape index (κ2) is 9.83. The van der Waals surface area contributed by atoms with Gasteiger partial charge in [-0.3, -0.25) is 0 Å². The second-order valence-electron chi connectivity index (χ2n) is 9.17. The quantitative estimate of drug-likeness (QED) is 0.184. The molecule has 2 heterocycles. The number of allylic oxidation sites excluding steroid dienone is 1. The van der Waals surface area contributed by atoms with Crippen LogP contribution in [0.5, 0.6) is 17.2 Å². The Balaban J connectivity index is 1.47. The number of carbonyl (C=O) groups is 1. The molecule has 7 nitrogen and oxygen atoms in total. The minimum Gasteiger partial charge on any atom is -0.490 e. The van der Waals surface area contributed by atoms with Gasteiger partial charge >= 0.3 is 5.97 Å². The Bertz CT molecular complexity index is 1670. The number of benzene rings is 3. The first-order valence-electron chi connectivity index (χ1n) is 12.1. The lowest BCUT2D eigenvalue weighted by Gasteiger charge is -2.27. The maximum atomic E-state index is 13.1. The Morgan fingerprint density at radius 1 is 1.11 bits per heavy atom. The number of fused-ring (bicyclic) bond motifs is 2. The van der Waals surface area contributed by atoms with E-state index in [1.165, 1.54) is 0 Å². The normalized spacial score (nSPS) is 14.4. The third kappa shape index (κ3) is 4.37. The van der Waals surface area contributed by atoms with Crippen LogP contribution in [0.15, 0.2) is 83.1 Å². The highest BCUT2D eigenvalue weighted by atomic mass is 16.5. The molecule has 1 atom stereocenters. The maximum Gasteiger partial charge on any atom is 0.379 e. The third-order valence-electron chi connectivity index (χ3n) is 6.70. The molecule has 1 unspecified atom stereocenters. The van der Waals surface area contributed by atoms with Crippen LogP contribution in [0.2, 0.25) is 0 Å². The van der Waals surface area contributed by atoms with Crippen molar-refractivity contribution in [2.24, 2.45) is 5.73 Å². The number of esters is 1. The van der Waals surface area contributed by atoms with Crippen molar-refractivity contribution in [3.05, 3.63) is 112 Å². The topological polar surface area (TPSA) is 108 Å². The van der Waals surface area contributed by atoms with E-state index in [0.717, 1.165) is 22.1 Å². The molecule has 0 radical (unpaired) electrons. The molecule has 0 saturated carbocycles. The van der Waals surface area contributed by atoms with Gasteiger partial charge in [-0.05, 0) is 67.8 Å². The largest absolute Gasteiger partial charge is 0.490 e. The third-order valence-corrected chi connectivity index (χ3v) is 6.70. The minimum absolute atomic E-state index is 0.00948. The van der Waals surface area contributed by atoms with E-state index in [-0.39, 0.29) is 23.0 Å². The van der Waals surface area contributed by atoms with Gasteiger partial charge in [-0.2, -0.15) is 5.26 Å². The Morgan fingerprint density at radius 2 is 1.89 bits per heavy atom. The first-order valence-corrected chi connectivity index (χ1v) is 12.1. The number of nitrogens with zero attached hydrogens (tertiary/aromatic N) is 1. The average molecular weight is 507 g/mol. The predicted octanol–water partition coefficient (Wildman–Crippen LogP) is 6.36. The number of nitriles is 1. The summed E-state index contributed by atoms with van der Waals surface area (Å²) in [4.78, 5) is 13.1. The summed E-state index contributed by atoms with van der Waals surface area (Å²) in [5, 5.41) is 10.7. The van der Waals surface area contributed by atoms with E-state index in [2.05, 4.69) is 12.6 Å². The second-order valence-corrected chi connectivity index (χ2v) is 9.17. The molecule has 1 aromatic heterocycles. The first kappa shape index (κ1) is 24.7. The summed E-state index contributed by atoms with van der Waals surface area (Å²) < 4.78 is 23.0. The highest BCUT2D eigenvalue weighted by Gasteiger charge is 2.31. The van der Waals surface area contributed by atoms with Gasteiger partial charge in [0.15, 0.2) is 0 Å². The van der Waals surface area contributed by atoms with Gasteiger partial charge in [0.1, 0.15) is 41.1 Å². The molecular weight excluding hydrogens is 480 g/mol. The number of hydrogen-bond acceptors (Lipinski definition) is 7. The standard InChI is InChI=1S/C31H26N2O5/c1-5-11-35-21-8-6-7-20(14-21)28-23-10-9-22(15-27(23)38-30(33)25(28)16-32)36-31(34)29-19(4)24-12-17(2)18(3)13-26(24)37-29/h5-10,12-15,28H,1,11,33H2,2-4H3. The first-order chi connectivity index (χ1) is 18.3. The average Bonchev–Trinajstić information content (AvgIpc) is 3.22. The Labute approximate surface area is 220 Å². The van der Waals surface area contributed by atoms with Crippen LogP contribution >= 0.6 is 0 Å². The van der Waals surface area contributed by atoms with E-state index in [1.54, 1.807) is 24.3 Å². The monoisotopic (exact) mass is 506 g/mol. The fourth-order valence-electron chi connectivity index (χ4n) is 4.61. The summed E-state index contributed by atoms with van der Waals surface area (Å²) in [6.45, 7) is 9.87. The van der Waals surface area contributed by atoms with Crippen molar-refractivity contribution in [2.45, 2.75) is 26.7 Å². The molecule has 38 heavy (non-hydrogen) atoms. The van der Waals surface area contributed by atoms with Crippen LogP contribution in [-0.2, 0) is 0 Å². The lowest BCUT2D eigenvalue weighted by Crippen LogP contribution is -2.21. The van der Waals surface area contributed by atoms with Gasteiger partial charge in [-0.15, -0.1) is 0 Å². The molecule has 0 aliphatic carbocycles. The molecule has 1 aliphatic heterocycles. The molecule has 5 rings (SSSR count). The number of nitrogens with two attached hydrogens (primary N) is 1.